The zero-order chi connectivity index (χ0) is 17.7. The van der Waals surface area contributed by atoms with Crippen molar-refractivity contribution in [3.05, 3.63) is 52.0 Å². The molecule has 130 valence electrons. The van der Waals surface area contributed by atoms with Gasteiger partial charge in [0.2, 0.25) is 0 Å². The highest BCUT2D eigenvalue weighted by Gasteiger charge is 2.14. The number of rotatable bonds is 7. The van der Waals surface area contributed by atoms with E-state index in [-0.39, 0.29) is 0 Å². The van der Waals surface area contributed by atoms with Crippen molar-refractivity contribution in [1.29, 1.82) is 0 Å². The maximum Gasteiger partial charge on any atom is 0.118 e. The van der Waals surface area contributed by atoms with Gasteiger partial charge in [0.15, 0.2) is 0 Å². The molecule has 0 fully saturated rings. The number of methoxy groups -OCH3 is 1. The lowest BCUT2D eigenvalue weighted by molar-refractivity contribution is 0.132. The van der Waals surface area contributed by atoms with E-state index in [9.17, 15) is 0 Å². The maximum atomic E-state index is 5.97. The van der Waals surface area contributed by atoms with Crippen LogP contribution < -0.4 is 4.74 Å². The maximum absolute atomic E-state index is 5.97. The lowest BCUT2D eigenvalue weighted by Gasteiger charge is -2.17. The number of hydrogen-bond acceptors (Lipinski definition) is 2. The molecule has 2 nitrogen and oxygen atoms in total. The third-order valence-corrected chi connectivity index (χ3v) is 6.63. The number of hydrogen-bond donors (Lipinski definition) is 0. The summed E-state index contributed by atoms with van der Waals surface area (Å²) in [7, 11) is 0.646. The summed E-state index contributed by atoms with van der Waals surface area (Å²) in [6.07, 6.45) is 0. The lowest BCUT2D eigenvalue weighted by Crippen LogP contribution is -2.21. The predicted molar refractivity (Wildman–Crippen MR) is 109 cm³/mol. The molecule has 0 spiro atoms. The fraction of sp³-hybridized carbons (Fsp3) is 0.400. The van der Waals surface area contributed by atoms with Crippen molar-refractivity contribution in [2.45, 2.75) is 39.2 Å². The van der Waals surface area contributed by atoms with E-state index in [0.717, 1.165) is 16.8 Å². The molecule has 0 aromatic heterocycles. The van der Waals surface area contributed by atoms with E-state index in [1.807, 2.05) is 12.1 Å². The van der Waals surface area contributed by atoms with Gasteiger partial charge in [0.05, 0.1) is 13.7 Å². The highest BCUT2D eigenvalue weighted by Crippen LogP contribution is 2.32. The van der Waals surface area contributed by atoms with Crippen LogP contribution in [0, 0.1) is 6.92 Å². The van der Waals surface area contributed by atoms with Crippen molar-refractivity contribution in [3.8, 4) is 16.9 Å². The zero-order valence-corrected chi connectivity index (χ0v) is 17.9. The van der Waals surface area contributed by atoms with E-state index in [4.69, 9.17) is 9.47 Å². The second-order valence-corrected chi connectivity index (χ2v) is 13.8. The first-order valence-corrected chi connectivity index (χ1v) is 12.8. The van der Waals surface area contributed by atoms with Crippen molar-refractivity contribution in [2.24, 2.45) is 0 Å². The summed E-state index contributed by atoms with van der Waals surface area (Å²) in [5, 5.41) is 0. The minimum atomic E-state index is -1.04. The van der Waals surface area contributed by atoms with Crippen LogP contribution in [-0.2, 0) is 11.3 Å². The molecule has 0 saturated carbocycles. The smallest absolute Gasteiger partial charge is 0.118 e. The van der Waals surface area contributed by atoms with Crippen molar-refractivity contribution in [3.63, 3.8) is 0 Å². The van der Waals surface area contributed by atoms with Gasteiger partial charge < -0.3 is 9.47 Å². The zero-order valence-electron chi connectivity index (χ0n) is 15.3. The molecule has 4 heteroatoms. The summed E-state index contributed by atoms with van der Waals surface area (Å²) in [5.74, 6) is 0.878. The highest BCUT2D eigenvalue weighted by atomic mass is 79.9. The number of halogens is 1. The second-order valence-electron chi connectivity index (χ2n) is 7.29. The Balaban J connectivity index is 2.17. The largest absolute Gasteiger partial charge is 0.497 e. The van der Waals surface area contributed by atoms with Crippen LogP contribution in [0.2, 0.25) is 25.7 Å². The van der Waals surface area contributed by atoms with E-state index in [1.165, 1.54) is 28.3 Å². The SMILES string of the molecule is COc1ccc(-c2ccc(Br)c(COCC[Si](C)(C)C)c2C)cc1. The summed E-state index contributed by atoms with van der Waals surface area (Å²) in [6, 6.07) is 13.7. The normalized spacial score (nSPS) is 11.6. The topological polar surface area (TPSA) is 18.5 Å². The third kappa shape index (κ3) is 5.20. The standard InChI is InChI=1S/C20H27BrO2Si/c1-15-18(16-6-8-17(22-2)9-7-16)10-11-20(21)19(15)14-23-12-13-24(3,4)5/h6-11H,12-14H2,1-5H3. The molecule has 0 N–H and O–H groups in total. The summed E-state index contributed by atoms with van der Waals surface area (Å²) in [6.45, 7) is 10.8. The van der Waals surface area contributed by atoms with Gasteiger partial charge >= 0.3 is 0 Å². The summed E-state index contributed by atoms with van der Waals surface area (Å²) in [5.41, 5.74) is 4.94. The van der Waals surface area contributed by atoms with Crippen LogP contribution in [-0.4, -0.2) is 21.8 Å². The van der Waals surface area contributed by atoms with E-state index < -0.39 is 8.07 Å². The average Bonchev–Trinajstić information content (AvgIpc) is 2.53. The highest BCUT2D eigenvalue weighted by molar-refractivity contribution is 9.10. The summed E-state index contributed by atoms with van der Waals surface area (Å²) >= 11 is 3.68. The van der Waals surface area contributed by atoms with Crippen LogP contribution in [0.4, 0.5) is 0 Å². The minimum Gasteiger partial charge on any atom is -0.497 e. The molecule has 0 saturated heterocycles. The Kier molecular flexibility index (Phi) is 6.67. The van der Waals surface area contributed by atoms with Crippen molar-refractivity contribution in [1.82, 2.24) is 0 Å². The van der Waals surface area contributed by atoms with Gasteiger partial charge in [-0.25, -0.2) is 0 Å². The molecule has 0 aliphatic rings. The fourth-order valence-corrected chi connectivity index (χ4v) is 3.84. The molecule has 2 aromatic carbocycles. The molecule has 0 radical (unpaired) electrons. The van der Waals surface area contributed by atoms with Gasteiger partial charge in [-0.1, -0.05) is 53.8 Å². The monoisotopic (exact) mass is 406 g/mol. The molecule has 2 rings (SSSR count). The van der Waals surface area contributed by atoms with Crippen LogP contribution in [0.25, 0.3) is 11.1 Å². The van der Waals surface area contributed by atoms with E-state index in [2.05, 4.69) is 66.8 Å². The van der Waals surface area contributed by atoms with Gasteiger partial charge in [0.1, 0.15) is 5.75 Å². The Hall–Kier alpha value is -1.10. The molecule has 0 unspecified atom stereocenters. The molecule has 0 bridgehead atoms. The summed E-state index contributed by atoms with van der Waals surface area (Å²) in [4.78, 5) is 0. The van der Waals surface area contributed by atoms with E-state index >= 15 is 0 Å². The van der Waals surface area contributed by atoms with Crippen molar-refractivity contribution < 1.29 is 9.47 Å². The van der Waals surface area contributed by atoms with E-state index in [1.54, 1.807) is 7.11 Å². The van der Waals surface area contributed by atoms with Crippen LogP contribution >= 0.6 is 15.9 Å². The molecule has 0 amide bonds. The molecule has 0 atom stereocenters. The first-order chi connectivity index (χ1) is 11.3. The molecular formula is C20H27BrO2Si. The quantitative estimate of drug-likeness (QED) is 0.397. The summed E-state index contributed by atoms with van der Waals surface area (Å²) < 4.78 is 12.3. The first kappa shape index (κ1) is 19.2. The molecule has 2 aromatic rings. The Labute approximate surface area is 155 Å². The Morgan fingerprint density at radius 3 is 2.25 bits per heavy atom. The molecule has 0 aliphatic carbocycles. The van der Waals surface area contributed by atoms with Gasteiger partial charge in [0.25, 0.3) is 0 Å². The molecule has 0 aliphatic heterocycles. The third-order valence-electron chi connectivity index (χ3n) is 4.19. The van der Waals surface area contributed by atoms with Crippen LogP contribution in [0.5, 0.6) is 5.75 Å². The number of ether oxygens (including phenoxy) is 2. The number of benzene rings is 2. The molecule has 24 heavy (non-hydrogen) atoms. The Bertz CT molecular complexity index is 675. The van der Waals surface area contributed by atoms with Gasteiger partial charge in [-0.2, -0.15) is 0 Å². The van der Waals surface area contributed by atoms with E-state index in [0.29, 0.717) is 6.61 Å². The first-order valence-electron chi connectivity index (χ1n) is 8.32. The molecular weight excluding hydrogens is 380 g/mol. The van der Waals surface area contributed by atoms with Crippen molar-refractivity contribution in [2.75, 3.05) is 13.7 Å². The fourth-order valence-electron chi connectivity index (χ4n) is 2.54. The van der Waals surface area contributed by atoms with Gasteiger partial charge in [-0.05, 0) is 53.4 Å². The second kappa shape index (κ2) is 8.32. The van der Waals surface area contributed by atoms with Crippen LogP contribution in [0.1, 0.15) is 11.1 Å². The van der Waals surface area contributed by atoms with Crippen LogP contribution in [0.3, 0.4) is 0 Å². The van der Waals surface area contributed by atoms with Gasteiger partial charge in [-0.3, -0.25) is 0 Å². The average molecular weight is 407 g/mol. The van der Waals surface area contributed by atoms with Crippen LogP contribution in [0.15, 0.2) is 40.9 Å². The van der Waals surface area contributed by atoms with Crippen molar-refractivity contribution >= 4 is 24.0 Å². The molecule has 0 heterocycles. The lowest BCUT2D eigenvalue weighted by atomic mass is 9.96. The van der Waals surface area contributed by atoms with Gasteiger partial charge in [-0.15, -0.1) is 0 Å². The predicted octanol–water partition coefficient (Wildman–Crippen LogP) is 6.29. The minimum absolute atomic E-state index is 0.654. The Morgan fingerprint density at radius 2 is 1.67 bits per heavy atom. The van der Waals surface area contributed by atoms with Gasteiger partial charge in [0, 0.05) is 19.2 Å². The Morgan fingerprint density at radius 1 is 1.00 bits per heavy atom.